The number of nitrogens with zero attached hydrogens (tertiary/aromatic N) is 1. The highest BCUT2D eigenvalue weighted by molar-refractivity contribution is 5.98. The lowest BCUT2D eigenvalue weighted by atomic mass is 9.94. The predicted molar refractivity (Wildman–Crippen MR) is 138 cm³/mol. The zero-order valence-electron chi connectivity index (χ0n) is 22.5. The summed E-state index contributed by atoms with van der Waals surface area (Å²) in [5.74, 6) is -0.955. The molecule has 4 atom stereocenters. The topological polar surface area (TPSA) is 122 Å². The van der Waals surface area contributed by atoms with Crippen LogP contribution < -0.4 is 19.5 Å². The van der Waals surface area contributed by atoms with Gasteiger partial charge in [0.1, 0.15) is 24.0 Å². The monoisotopic (exact) mass is 528 g/mol. The second kappa shape index (κ2) is 13.6. The van der Waals surface area contributed by atoms with E-state index < -0.39 is 36.8 Å². The van der Waals surface area contributed by atoms with Crippen LogP contribution in [0, 0.1) is 11.8 Å². The molecule has 0 spiro atoms. The lowest BCUT2D eigenvalue weighted by Crippen LogP contribution is -2.45. The number of esters is 2. The van der Waals surface area contributed by atoms with E-state index in [0.717, 1.165) is 6.42 Å². The summed E-state index contributed by atoms with van der Waals surface area (Å²) in [4.78, 5) is 42.2. The molecule has 0 unspecified atom stereocenters. The van der Waals surface area contributed by atoms with E-state index in [1.807, 2.05) is 30.3 Å². The van der Waals surface area contributed by atoms with Crippen molar-refractivity contribution in [2.24, 2.45) is 11.8 Å². The number of benzene rings is 1. The molecule has 38 heavy (non-hydrogen) atoms. The van der Waals surface area contributed by atoms with Gasteiger partial charge in [-0.05, 0) is 37.8 Å². The second-order valence-electron chi connectivity index (χ2n) is 9.54. The van der Waals surface area contributed by atoms with Gasteiger partial charge in [0.2, 0.25) is 6.79 Å². The van der Waals surface area contributed by atoms with Crippen molar-refractivity contribution in [2.45, 2.75) is 65.2 Å². The molecule has 1 aromatic carbocycles. The largest absolute Gasteiger partial charge is 0.493 e. The van der Waals surface area contributed by atoms with Gasteiger partial charge in [0.25, 0.3) is 5.91 Å². The van der Waals surface area contributed by atoms with Gasteiger partial charge in [-0.1, -0.05) is 45.4 Å². The zero-order valence-corrected chi connectivity index (χ0v) is 22.5. The molecule has 2 heterocycles. The maximum atomic E-state index is 13.2. The SMILES string of the molecule is COc1ccnc(C(=O)N[C@H]2CCC[C@H](C)[C@@H](Oc3ccccc3)[C@H](C)OC2=O)c1OCOC(=O)C(C)C. The first-order valence-corrected chi connectivity index (χ1v) is 12.8. The molecule has 1 aliphatic rings. The summed E-state index contributed by atoms with van der Waals surface area (Å²) in [5.41, 5.74) is -0.107. The number of amides is 1. The van der Waals surface area contributed by atoms with Crippen LogP contribution in [0.4, 0.5) is 0 Å². The van der Waals surface area contributed by atoms with Gasteiger partial charge < -0.3 is 29.0 Å². The summed E-state index contributed by atoms with van der Waals surface area (Å²) in [6.45, 7) is 6.82. The number of carbonyl (C=O) groups is 3. The molecule has 0 saturated carbocycles. The van der Waals surface area contributed by atoms with E-state index in [1.54, 1.807) is 20.8 Å². The molecule has 1 amide bonds. The van der Waals surface area contributed by atoms with Gasteiger partial charge in [-0.15, -0.1) is 0 Å². The molecule has 3 rings (SSSR count). The van der Waals surface area contributed by atoms with Crippen molar-refractivity contribution >= 4 is 17.8 Å². The molecule has 1 aromatic heterocycles. The standard InChI is InChI=1S/C28H36N2O8/c1-17(2)27(32)36-16-35-25-22(34-5)14-15-29-23(25)26(31)30-21-13-9-10-18(3)24(19(4)37-28(21)33)38-20-11-7-6-8-12-20/h6-8,11-12,14-15,17-19,21,24H,9-10,13,16H2,1-5H3,(H,30,31)/t18-,19-,21-,24+/m0/s1. The maximum Gasteiger partial charge on any atom is 0.329 e. The number of cyclic esters (lactones) is 1. The molecule has 0 aliphatic carbocycles. The van der Waals surface area contributed by atoms with E-state index in [-0.39, 0.29) is 35.1 Å². The molecule has 10 nitrogen and oxygen atoms in total. The number of carbonyl (C=O) groups excluding carboxylic acids is 3. The molecule has 10 heteroatoms. The Kier molecular flexibility index (Phi) is 10.3. The van der Waals surface area contributed by atoms with Gasteiger partial charge in [0.05, 0.1) is 13.0 Å². The van der Waals surface area contributed by atoms with Gasteiger partial charge in [-0.25, -0.2) is 9.78 Å². The minimum atomic E-state index is -0.896. The fourth-order valence-corrected chi connectivity index (χ4v) is 4.15. The average molecular weight is 529 g/mol. The van der Waals surface area contributed by atoms with Crippen LogP contribution in [-0.2, 0) is 19.1 Å². The molecule has 1 aliphatic heterocycles. The van der Waals surface area contributed by atoms with Crippen molar-refractivity contribution in [1.29, 1.82) is 0 Å². The number of rotatable bonds is 9. The third kappa shape index (κ3) is 7.60. The van der Waals surface area contributed by atoms with Gasteiger partial charge in [0, 0.05) is 12.3 Å². The lowest BCUT2D eigenvalue weighted by molar-refractivity contribution is -0.156. The first-order valence-electron chi connectivity index (χ1n) is 12.8. The Morgan fingerprint density at radius 2 is 1.87 bits per heavy atom. The predicted octanol–water partition coefficient (Wildman–Crippen LogP) is 3.92. The van der Waals surface area contributed by atoms with Gasteiger partial charge >= 0.3 is 11.9 Å². The van der Waals surface area contributed by atoms with Crippen molar-refractivity contribution in [2.75, 3.05) is 13.9 Å². The molecule has 1 saturated heterocycles. The fourth-order valence-electron chi connectivity index (χ4n) is 4.15. The number of hydrogen-bond donors (Lipinski definition) is 1. The Labute approximate surface area is 223 Å². The minimum Gasteiger partial charge on any atom is -0.493 e. The highest BCUT2D eigenvalue weighted by Gasteiger charge is 2.34. The number of aromatic nitrogens is 1. The van der Waals surface area contributed by atoms with E-state index in [9.17, 15) is 14.4 Å². The van der Waals surface area contributed by atoms with E-state index in [2.05, 4.69) is 17.2 Å². The molecule has 206 valence electrons. The summed E-state index contributed by atoms with van der Waals surface area (Å²) >= 11 is 0. The molecular formula is C28H36N2O8. The fraction of sp³-hybridized carbons (Fsp3) is 0.500. The number of ether oxygens (including phenoxy) is 5. The Hall–Kier alpha value is -3.82. The van der Waals surface area contributed by atoms with E-state index in [1.165, 1.54) is 19.4 Å². The van der Waals surface area contributed by atoms with Crippen molar-refractivity contribution in [1.82, 2.24) is 10.3 Å². The summed E-state index contributed by atoms with van der Waals surface area (Å²) in [6, 6.07) is 10.0. The Bertz CT molecular complexity index is 1090. The number of methoxy groups -OCH3 is 1. The van der Waals surface area contributed by atoms with Crippen LogP contribution in [0.5, 0.6) is 17.2 Å². The number of para-hydroxylation sites is 1. The summed E-state index contributed by atoms with van der Waals surface area (Å²) in [6.07, 6.45) is 2.33. The number of hydrogen-bond acceptors (Lipinski definition) is 9. The first-order chi connectivity index (χ1) is 18.2. The quantitative estimate of drug-likeness (QED) is 0.381. The highest BCUT2D eigenvalue weighted by atomic mass is 16.7. The molecule has 1 N–H and O–H groups in total. The Morgan fingerprint density at radius 3 is 2.55 bits per heavy atom. The van der Waals surface area contributed by atoms with Crippen LogP contribution in [0.3, 0.4) is 0 Å². The molecule has 2 aromatic rings. The third-order valence-corrected chi connectivity index (χ3v) is 6.26. The lowest BCUT2D eigenvalue weighted by Gasteiger charge is -2.29. The average Bonchev–Trinajstić information content (AvgIpc) is 2.94. The van der Waals surface area contributed by atoms with Crippen molar-refractivity contribution < 1.29 is 38.1 Å². The summed E-state index contributed by atoms with van der Waals surface area (Å²) in [5, 5.41) is 2.73. The normalized spacial score (nSPS) is 21.8. The Morgan fingerprint density at radius 1 is 1.13 bits per heavy atom. The molecule has 1 fully saturated rings. The number of pyridine rings is 1. The maximum absolute atomic E-state index is 13.2. The van der Waals surface area contributed by atoms with Crippen molar-refractivity contribution in [3.05, 3.63) is 48.3 Å². The van der Waals surface area contributed by atoms with Crippen molar-refractivity contribution in [3.63, 3.8) is 0 Å². The van der Waals surface area contributed by atoms with Crippen molar-refractivity contribution in [3.8, 4) is 17.2 Å². The van der Waals surface area contributed by atoms with Crippen LogP contribution in [0.25, 0.3) is 0 Å². The van der Waals surface area contributed by atoms with Gasteiger partial charge in [-0.3, -0.25) is 9.59 Å². The van der Waals surface area contributed by atoms with Gasteiger partial charge in [0.15, 0.2) is 17.2 Å². The van der Waals surface area contributed by atoms with Crippen LogP contribution in [0.2, 0.25) is 0 Å². The van der Waals surface area contributed by atoms with Crippen LogP contribution in [-0.4, -0.2) is 55.0 Å². The number of nitrogens with one attached hydrogen (secondary N) is 1. The summed E-state index contributed by atoms with van der Waals surface area (Å²) < 4.78 is 27.9. The van der Waals surface area contributed by atoms with Crippen LogP contribution in [0.1, 0.15) is 57.4 Å². The highest BCUT2D eigenvalue weighted by Crippen LogP contribution is 2.30. The first kappa shape index (κ1) is 28.7. The van der Waals surface area contributed by atoms with Crippen LogP contribution >= 0.6 is 0 Å². The van der Waals surface area contributed by atoms with E-state index in [4.69, 9.17) is 23.7 Å². The minimum absolute atomic E-state index is 0.00111. The van der Waals surface area contributed by atoms with E-state index >= 15 is 0 Å². The smallest absolute Gasteiger partial charge is 0.329 e. The molecule has 0 radical (unpaired) electrons. The summed E-state index contributed by atoms with van der Waals surface area (Å²) in [7, 11) is 1.41. The van der Waals surface area contributed by atoms with Crippen LogP contribution in [0.15, 0.2) is 42.6 Å². The zero-order chi connectivity index (χ0) is 27.7. The molecular weight excluding hydrogens is 492 g/mol. The second-order valence-corrected chi connectivity index (χ2v) is 9.54. The third-order valence-electron chi connectivity index (χ3n) is 6.26. The molecule has 0 bridgehead atoms. The van der Waals surface area contributed by atoms with Gasteiger partial charge in [-0.2, -0.15) is 0 Å². The van der Waals surface area contributed by atoms with E-state index in [0.29, 0.717) is 18.6 Å². The Balaban J connectivity index is 1.72.